The van der Waals surface area contributed by atoms with Gasteiger partial charge in [-0.15, -0.1) is 0 Å². The minimum absolute atomic E-state index is 0.196. The van der Waals surface area contributed by atoms with Crippen LogP contribution in [0.4, 0.5) is 0 Å². The van der Waals surface area contributed by atoms with Crippen LogP contribution < -0.4 is 19.5 Å². The minimum atomic E-state index is -0.301. The molecule has 0 spiro atoms. The Morgan fingerprint density at radius 1 is 1.29 bits per heavy atom. The second-order valence-electron chi connectivity index (χ2n) is 6.01. The maximum absolute atomic E-state index is 12.3. The number of benzene rings is 1. The van der Waals surface area contributed by atoms with Crippen molar-refractivity contribution in [3.05, 3.63) is 58.2 Å². The molecule has 146 valence electrons. The molecule has 0 unspecified atom stereocenters. The van der Waals surface area contributed by atoms with E-state index in [0.717, 1.165) is 16.7 Å². The largest absolute Gasteiger partial charge is 0.486 e. The highest BCUT2D eigenvalue weighted by Crippen LogP contribution is 2.35. The lowest BCUT2D eigenvalue weighted by molar-refractivity contribution is 0.0918. The van der Waals surface area contributed by atoms with E-state index >= 15 is 0 Å². The summed E-state index contributed by atoms with van der Waals surface area (Å²) in [5.74, 6) is 2.44. The number of aromatic nitrogens is 2. The van der Waals surface area contributed by atoms with Gasteiger partial charge in [-0.3, -0.25) is 9.48 Å². The molecule has 1 aliphatic rings. The molecule has 3 heterocycles. The summed E-state index contributed by atoms with van der Waals surface area (Å²) in [6, 6.07) is 8.68. The summed E-state index contributed by atoms with van der Waals surface area (Å²) in [6.45, 7) is 3.46. The van der Waals surface area contributed by atoms with E-state index in [-0.39, 0.29) is 25.1 Å². The maximum atomic E-state index is 12.3. The Morgan fingerprint density at radius 2 is 2.14 bits per heavy atom. The average molecular weight is 448 g/mol. The molecule has 0 atom stereocenters. The molecule has 0 fully saturated rings. The molecule has 1 N–H and O–H groups in total. The third-order valence-corrected chi connectivity index (χ3v) is 4.89. The van der Waals surface area contributed by atoms with Crippen LogP contribution in [0.5, 0.6) is 17.2 Å². The summed E-state index contributed by atoms with van der Waals surface area (Å²) in [4.78, 5) is 12.3. The quantitative estimate of drug-likeness (QED) is 0.596. The van der Waals surface area contributed by atoms with Crippen molar-refractivity contribution in [2.75, 3.05) is 6.79 Å². The van der Waals surface area contributed by atoms with E-state index in [0.29, 0.717) is 29.6 Å². The van der Waals surface area contributed by atoms with Gasteiger partial charge in [-0.1, -0.05) is 0 Å². The Hall–Kier alpha value is -2.94. The summed E-state index contributed by atoms with van der Waals surface area (Å²) in [7, 11) is 0. The fourth-order valence-corrected chi connectivity index (χ4v) is 3.22. The van der Waals surface area contributed by atoms with Gasteiger partial charge in [0.1, 0.15) is 18.1 Å². The normalized spacial score (nSPS) is 12.2. The highest BCUT2D eigenvalue weighted by Gasteiger charge is 2.16. The van der Waals surface area contributed by atoms with Gasteiger partial charge in [0.15, 0.2) is 17.3 Å². The average Bonchev–Trinajstić information content (AvgIpc) is 3.43. The number of carbonyl (C=O) groups excluding carboxylic acids is 1. The Morgan fingerprint density at radius 3 is 3.00 bits per heavy atom. The smallest absolute Gasteiger partial charge is 0.287 e. The number of rotatable bonds is 7. The third kappa shape index (κ3) is 3.84. The standard InChI is InChI=1S/C19H18BrN3O5/c1-2-23-15(14(20)8-22-23)9-21-19(24)17-6-4-13(28-17)10-25-12-3-5-16-18(7-12)27-11-26-16/h3-8H,2,9-11H2,1H3,(H,21,24). The van der Waals surface area contributed by atoms with Gasteiger partial charge in [0.25, 0.3) is 5.91 Å². The van der Waals surface area contributed by atoms with E-state index in [2.05, 4.69) is 26.3 Å². The molecule has 3 aromatic rings. The topological polar surface area (TPSA) is 87.8 Å². The summed E-state index contributed by atoms with van der Waals surface area (Å²) in [5.41, 5.74) is 0.897. The van der Waals surface area contributed by atoms with Gasteiger partial charge >= 0.3 is 0 Å². The van der Waals surface area contributed by atoms with Crippen LogP contribution in [-0.2, 0) is 19.7 Å². The lowest BCUT2D eigenvalue weighted by Gasteiger charge is -2.07. The molecule has 0 aliphatic carbocycles. The fraction of sp³-hybridized carbons (Fsp3) is 0.263. The number of nitrogens with zero attached hydrogens (tertiary/aromatic N) is 2. The van der Waals surface area contributed by atoms with Crippen molar-refractivity contribution in [1.29, 1.82) is 0 Å². The maximum Gasteiger partial charge on any atom is 0.287 e. The van der Waals surface area contributed by atoms with Gasteiger partial charge in [-0.2, -0.15) is 5.10 Å². The molecule has 0 bridgehead atoms. The first kappa shape index (κ1) is 18.4. The van der Waals surface area contributed by atoms with E-state index < -0.39 is 0 Å². The summed E-state index contributed by atoms with van der Waals surface area (Å²) in [5, 5.41) is 7.06. The SMILES string of the molecule is CCn1ncc(Br)c1CNC(=O)c1ccc(COc2ccc3c(c2)OCO3)o1. The lowest BCUT2D eigenvalue weighted by atomic mass is 10.3. The molecule has 1 aromatic carbocycles. The number of amides is 1. The first-order valence-corrected chi connectivity index (χ1v) is 9.53. The van der Waals surface area contributed by atoms with E-state index in [1.165, 1.54) is 0 Å². The second-order valence-corrected chi connectivity index (χ2v) is 6.86. The molecule has 9 heteroatoms. The zero-order valence-corrected chi connectivity index (χ0v) is 16.7. The third-order valence-electron chi connectivity index (χ3n) is 4.22. The molecule has 1 aliphatic heterocycles. The van der Waals surface area contributed by atoms with E-state index in [1.54, 1.807) is 36.5 Å². The lowest BCUT2D eigenvalue weighted by Crippen LogP contribution is -2.24. The molecular formula is C19H18BrN3O5. The number of aryl methyl sites for hydroxylation is 1. The van der Waals surface area contributed by atoms with Gasteiger partial charge in [0.05, 0.1) is 22.9 Å². The van der Waals surface area contributed by atoms with Crippen molar-refractivity contribution in [3.63, 3.8) is 0 Å². The number of carbonyl (C=O) groups is 1. The van der Waals surface area contributed by atoms with Gasteiger partial charge in [-0.25, -0.2) is 0 Å². The number of hydrogen-bond acceptors (Lipinski definition) is 6. The Balaban J connectivity index is 1.33. The van der Waals surface area contributed by atoms with Crippen LogP contribution in [-0.4, -0.2) is 22.5 Å². The number of ether oxygens (including phenoxy) is 3. The van der Waals surface area contributed by atoms with Crippen LogP contribution in [0.2, 0.25) is 0 Å². The van der Waals surface area contributed by atoms with Crippen LogP contribution in [0, 0.1) is 0 Å². The monoisotopic (exact) mass is 447 g/mol. The molecule has 4 rings (SSSR count). The minimum Gasteiger partial charge on any atom is -0.486 e. The van der Waals surface area contributed by atoms with Crippen molar-refractivity contribution in [2.24, 2.45) is 0 Å². The molecular weight excluding hydrogens is 430 g/mol. The Kier molecular flexibility index (Phi) is 5.25. The highest BCUT2D eigenvalue weighted by molar-refractivity contribution is 9.10. The van der Waals surface area contributed by atoms with Crippen LogP contribution in [0.25, 0.3) is 0 Å². The summed E-state index contributed by atoms with van der Waals surface area (Å²) in [6.07, 6.45) is 1.71. The van der Waals surface area contributed by atoms with E-state index in [4.69, 9.17) is 18.6 Å². The summed E-state index contributed by atoms with van der Waals surface area (Å²) >= 11 is 3.44. The zero-order valence-electron chi connectivity index (χ0n) is 15.1. The predicted molar refractivity (Wildman–Crippen MR) is 102 cm³/mol. The van der Waals surface area contributed by atoms with Crippen molar-refractivity contribution in [3.8, 4) is 17.2 Å². The molecule has 8 nitrogen and oxygen atoms in total. The van der Waals surface area contributed by atoms with Crippen molar-refractivity contribution >= 4 is 21.8 Å². The highest BCUT2D eigenvalue weighted by atomic mass is 79.9. The first-order valence-electron chi connectivity index (χ1n) is 8.73. The molecule has 2 aromatic heterocycles. The van der Waals surface area contributed by atoms with Crippen LogP contribution in [0.1, 0.15) is 28.9 Å². The van der Waals surface area contributed by atoms with Gasteiger partial charge < -0.3 is 23.9 Å². The number of furan rings is 1. The fourth-order valence-electron chi connectivity index (χ4n) is 2.79. The van der Waals surface area contributed by atoms with E-state index in [9.17, 15) is 4.79 Å². The van der Waals surface area contributed by atoms with Crippen LogP contribution >= 0.6 is 15.9 Å². The number of fused-ring (bicyclic) bond motifs is 1. The Bertz CT molecular complexity index is 997. The second kappa shape index (κ2) is 7.97. The van der Waals surface area contributed by atoms with Crippen molar-refractivity contribution in [1.82, 2.24) is 15.1 Å². The van der Waals surface area contributed by atoms with Gasteiger partial charge in [0, 0.05) is 12.6 Å². The number of nitrogens with one attached hydrogen (secondary N) is 1. The molecule has 1 amide bonds. The predicted octanol–water partition coefficient (Wildman–Crippen LogP) is 3.50. The first-order chi connectivity index (χ1) is 13.6. The van der Waals surface area contributed by atoms with Crippen LogP contribution in [0.15, 0.2) is 45.4 Å². The molecule has 0 saturated carbocycles. The Labute approximate surface area is 169 Å². The van der Waals surface area contributed by atoms with Crippen molar-refractivity contribution in [2.45, 2.75) is 26.6 Å². The van der Waals surface area contributed by atoms with Crippen molar-refractivity contribution < 1.29 is 23.4 Å². The van der Waals surface area contributed by atoms with E-state index in [1.807, 2.05) is 11.6 Å². The molecule has 0 saturated heterocycles. The molecule has 28 heavy (non-hydrogen) atoms. The van der Waals surface area contributed by atoms with Crippen LogP contribution in [0.3, 0.4) is 0 Å². The van der Waals surface area contributed by atoms with Gasteiger partial charge in [0.2, 0.25) is 6.79 Å². The number of halogens is 1. The van der Waals surface area contributed by atoms with Gasteiger partial charge in [-0.05, 0) is 47.1 Å². The summed E-state index contributed by atoms with van der Waals surface area (Å²) < 4.78 is 24.5. The zero-order chi connectivity index (χ0) is 19.5. The number of hydrogen-bond donors (Lipinski definition) is 1. The molecule has 0 radical (unpaired) electrons.